The van der Waals surface area contributed by atoms with Gasteiger partial charge in [-0.3, -0.25) is 9.69 Å². The molecule has 0 spiro atoms. The van der Waals surface area contributed by atoms with E-state index in [0.717, 1.165) is 51.7 Å². The van der Waals surface area contributed by atoms with Crippen molar-refractivity contribution >= 4 is 5.91 Å². The summed E-state index contributed by atoms with van der Waals surface area (Å²) >= 11 is 0. The van der Waals surface area contributed by atoms with Crippen LogP contribution >= 0.6 is 0 Å². The van der Waals surface area contributed by atoms with Crippen LogP contribution in [0.2, 0.25) is 0 Å². The van der Waals surface area contributed by atoms with E-state index in [1.54, 1.807) is 0 Å². The molecule has 6 heteroatoms. The van der Waals surface area contributed by atoms with Crippen molar-refractivity contribution in [1.29, 1.82) is 0 Å². The fourth-order valence-corrected chi connectivity index (χ4v) is 3.32. The molecule has 128 valence electrons. The number of rotatable bonds is 4. The summed E-state index contributed by atoms with van der Waals surface area (Å²) in [5, 5.41) is 0. The zero-order valence-electron chi connectivity index (χ0n) is 14.3. The van der Waals surface area contributed by atoms with Crippen LogP contribution in [0.25, 0.3) is 0 Å². The molecule has 0 unspecified atom stereocenters. The summed E-state index contributed by atoms with van der Waals surface area (Å²) in [6.45, 7) is 11.8. The van der Waals surface area contributed by atoms with Gasteiger partial charge in [0.2, 0.25) is 5.89 Å². The monoisotopic (exact) mass is 320 g/mol. The van der Waals surface area contributed by atoms with E-state index in [4.69, 9.17) is 4.42 Å². The second-order valence-corrected chi connectivity index (χ2v) is 6.81. The zero-order chi connectivity index (χ0) is 16.2. The molecule has 6 nitrogen and oxygen atoms in total. The lowest BCUT2D eigenvalue weighted by molar-refractivity contribution is 0.0637. The molecule has 1 aromatic heterocycles. The molecule has 0 aliphatic carbocycles. The quantitative estimate of drug-likeness (QED) is 0.845. The van der Waals surface area contributed by atoms with E-state index >= 15 is 0 Å². The molecule has 1 amide bonds. The number of piperazine rings is 1. The van der Waals surface area contributed by atoms with Crippen molar-refractivity contribution in [3.05, 3.63) is 17.8 Å². The molecule has 3 rings (SSSR count). The van der Waals surface area contributed by atoms with Gasteiger partial charge in [0.25, 0.3) is 5.91 Å². The van der Waals surface area contributed by atoms with Gasteiger partial charge in [0, 0.05) is 26.2 Å². The highest BCUT2D eigenvalue weighted by molar-refractivity contribution is 5.92. The lowest BCUT2D eigenvalue weighted by Gasteiger charge is -2.33. The summed E-state index contributed by atoms with van der Waals surface area (Å²) in [5.74, 6) is 1.48. The first-order chi connectivity index (χ1) is 11.2. The molecule has 0 atom stereocenters. The minimum absolute atomic E-state index is 0.00280. The van der Waals surface area contributed by atoms with Crippen LogP contribution in [0, 0.1) is 5.92 Å². The van der Waals surface area contributed by atoms with Crippen LogP contribution in [-0.2, 0) is 6.54 Å². The average Bonchev–Trinajstić information content (AvgIpc) is 3.05. The van der Waals surface area contributed by atoms with Crippen molar-refractivity contribution in [1.82, 2.24) is 19.7 Å². The predicted octanol–water partition coefficient (Wildman–Crippen LogP) is 1.68. The van der Waals surface area contributed by atoms with Gasteiger partial charge in [-0.15, -0.1) is 0 Å². The Bertz CT molecular complexity index is 514. The maximum absolute atomic E-state index is 12.5. The first-order valence-electron chi connectivity index (χ1n) is 8.84. The first-order valence-corrected chi connectivity index (χ1v) is 8.84. The maximum atomic E-state index is 12.5. The number of carbonyl (C=O) groups excluding carboxylic acids is 1. The van der Waals surface area contributed by atoms with E-state index in [1.165, 1.54) is 19.1 Å². The highest BCUT2D eigenvalue weighted by Crippen LogP contribution is 2.18. The number of oxazole rings is 1. The van der Waals surface area contributed by atoms with Crippen LogP contribution in [0.1, 0.15) is 43.1 Å². The fourth-order valence-electron chi connectivity index (χ4n) is 3.32. The van der Waals surface area contributed by atoms with Gasteiger partial charge in [-0.2, -0.15) is 0 Å². The van der Waals surface area contributed by atoms with E-state index in [9.17, 15) is 4.79 Å². The summed E-state index contributed by atoms with van der Waals surface area (Å²) in [5.41, 5.74) is 0.454. The molecule has 2 aliphatic rings. The van der Waals surface area contributed by atoms with Crippen molar-refractivity contribution in [3.63, 3.8) is 0 Å². The molecule has 1 aromatic rings. The Morgan fingerprint density at radius 1 is 1.17 bits per heavy atom. The number of likely N-dealkylation sites (tertiary alicyclic amines) is 1. The summed E-state index contributed by atoms with van der Waals surface area (Å²) in [7, 11) is 0. The van der Waals surface area contributed by atoms with E-state index in [-0.39, 0.29) is 5.91 Å². The average molecular weight is 320 g/mol. The molecule has 23 heavy (non-hydrogen) atoms. The van der Waals surface area contributed by atoms with E-state index in [0.29, 0.717) is 18.1 Å². The molecule has 0 aromatic carbocycles. The Labute approximate surface area is 138 Å². The number of carbonyl (C=O) groups is 1. The molecule has 2 aliphatic heterocycles. The molecule has 0 radical (unpaired) electrons. The molecule has 0 bridgehead atoms. The van der Waals surface area contributed by atoms with Crippen molar-refractivity contribution in [2.45, 2.75) is 33.2 Å². The highest BCUT2D eigenvalue weighted by atomic mass is 16.3. The number of aromatic nitrogens is 1. The van der Waals surface area contributed by atoms with Crippen LogP contribution in [0.5, 0.6) is 0 Å². The second-order valence-electron chi connectivity index (χ2n) is 6.81. The predicted molar refractivity (Wildman–Crippen MR) is 88.2 cm³/mol. The standard InChI is InChI=1S/C17H28N4O2/c1-3-19-8-10-21(11-9-19)17(22)15-13-23-16(18-15)12-20-6-4-14(2)5-7-20/h13-14H,3-12H2,1-2H3. The number of hydrogen-bond acceptors (Lipinski definition) is 5. The van der Waals surface area contributed by atoms with Crippen LogP contribution in [0.15, 0.2) is 10.7 Å². The highest BCUT2D eigenvalue weighted by Gasteiger charge is 2.24. The molecule has 3 heterocycles. The maximum Gasteiger partial charge on any atom is 0.275 e. The Kier molecular flexibility index (Phi) is 5.33. The Balaban J connectivity index is 1.53. The molecule has 2 fully saturated rings. The van der Waals surface area contributed by atoms with Gasteiger partial charge >= 0.3 is 0 Å². The second kappa shape index (κ2) is 7.45. The number of amides is 1. The normalized spacial score (nSPS) is 21.7. The van der Waals surface area contributed by atoms with Crippen LogP contribution in [-0.4, -0.2) is 71.4 Å². The van der Waals surface area contributed by atoms with Gasteiger partial charge in [0.1, 0.15) is 6.26 Å². The summed E-state index contributed by atoms with van der Waals surface area (Å²) in [4.78, 5) is 23.5. The molecular weight excluding hydrogens is 292 g/mol. The largest absolute Gasteiger partial charge is 0.447 e. The Hall–Kier alpha value is -1.40. The van der Waals surface area contributed by atoms with Crippen molar-refractivity contribution in [2.24, 2.45) is 5.92 Å². The number of likely N-dealkylation sites (N-methyl/N-ethyl adjacent to an activating group) is 1. The van der Waals surface area contributed by atoms with Gasteiger partial charge in [0.05, 0.1) is 6.54 Å². The first kappa shape index (κ1) is 16.5. The number of nitrogens with zero attached hydrogens (tertiary/aromatic N) is 4. The van der Waals surface area contributed by atoms with Gasteiger partial charge in [-0.1, -0.05) is 13.8 Å². The topological polar surface area (TPSA) is 52.8 Å². The van der Waals surface area contributed by atoms with Crippen LogP contribution in [0.4, 0.5) is 0 Å². The van der Waals surface area contributed by atoms with Crippen LogP contribution < -0.4 is 0 Å². The van der Waals surface area contributed by atoms with Crippen molar-refractivity contribution < 1.29 is 9.21 Å². The Morgan fingerprint density at radius 3 is 2.52 bits per heavy atom. The van der Waals surface area contributed by atoms with Gasteiger partial charge in [-0.25, -0.2) is 4.98 Å². The van der Waals surface area contributed by atoms with Gasteiger partial charge in [0.15, 0.2) is 5.69 Å². The lowest BCUT2D eigenvalue weighted by Crippen LogP contribution is -2.48. The summed E-state index contributed by atoms with van der Waals surface area (Å²) in [6.07, 6.45) is 3.98. The van der Waals surface area contributed by atoms with Crippen molar-refractivity contribution in [2.75, 3.05) is 45.8 Å². The summed E-state index contributed by atoms with van der Waals surface area (Å²) < 4.78 is 5.54. The smallest absolute Gasteiger partial charge is 0.275 e. The molecule has 0 saturated carbocycles. The number of piperidine rings is 1. The molecular formula is C17H28N4O2. The van der Waals surface area contributed by atoms with Crippen LogP contribution in [0.3, 0.4) is 0 Å². The third-order valence-electron chi connectivity index (χ3n) is 5.11. The van der Waals surface area contributed by atoms with E-state index in [1.807, 2.05) is 4.90 Å². The zero-order valence-corrected chi connectivity index (χ0v) is 14.3. The van der Waals surface area contributed by atoms with Gasteiger partial charge < -0.3 is 14.2 Å². The minimum Gasteiger partial charge on any atom is -0.447 e. The third-order valence-corrected chi connectivity index (χ3v) is 5.11. The lowest BCUT2D eigenvalue weighted by atomic mass is 9.99. The van der Waals surface area contributed by atoms with Crippen molar-refractivity contribution in [3.8, 4) is 0 Å². The number of hydrogen-bond donors (Lipinski definition) is 0. The van der Waals surface area contributed by atoms with E-state index < -0.39 is 0 Å². The summed E-state index contributed by atoms with van der Waals surface area (Å²) in [6, 6.07) is 0. The van der Waals surface area contributed by atoms with Gasteiger partial charge in [-0.05, 0) is 38.4 Å². The fraction of sp³-hybridized carbons (Fsp3) is 0.765. The molecule has 0 N–H and O–H groups in total. The molecule has 2 saturated heterocycles. The Morgan fingerprint density at radius 2 is 1.87 bits per heavy atom. The minimum atomic E-state index is 0.00280. The SMILES string of the molecule is CCN1CCN(C(=O)c2coc(CN3CCC(C)CC3)n2)CC1. The van der Waals surface area contributed by atoms with E-state index in [2.05, 4.69) is 28.6 Å². The third kappa shape index (κ3) is 4.12.